The maximum atomic E-state index is 12.5. The van der Waals surface area contributed by atoms with Crippen LogP contribution in [0, 0.1) is 6.92 Å². The lowest BCUT2D eigenvalue weighted by Gasteiger charge is -2.10. The van der Waals surface area contributed by atoms with Gasteiger partial charge in [0.1, 0.15) is 10.8 Å². The Bertz CT molecular complexity index is 695. The molecule has 0 unspecified atom stereocenters. The van der Waals surface area contributed by atoms with Gasteiger partial charge in [-0.2, -0.15) is 13.2 Å². The molecule has 0 aliphatic carbocycles. The van der Waals surface area contributed by atoms with Crippen molar-refractivity contribution in [1.82, 2.24) is 30.4 Å². The lowest BCUT2D eigenvalue weighted by molar-refractivity contribution is -0.140. The standard InChI is InChI=1S/C12H16F3N7S.HI/c1-7-20-21-9(22(7)3)4-17-11(16-2)18-5-10-19-8(6-23-10)12(13,14)15;/h6H,4-5H2,1-3H3,(H2,16,17,18);1H. The molecule has 12 heteroatoms. The maximum Gasteiger partial charge on any atom is 0.434 e. The van der Waals surface area contributed by atoms with Crippen LogP contribution in [0.3, 0.4) is 0 Å². The highest BCUT2D eigenvalue weighted by atomic mass is 127. The van der Waals surface area contributed by atoms with Gasteiger partial charge >= 0.3 is 6.18 Å². The molecule has 2 rings (SSSR count). The number of nitrogens with zero attached hydrogens (tertiary/aromatic N) is 5. The molecule has 0 spiro atoms. The average Bonchev–Trinajstić information content (AvgIpc) is 3.08. The van der Waals surface area contributed by atoms with Gasteiger partial charge in [-0.3, -0.25) is 4.99 Å². The summed E-state index contributed by atoms with van der Waals surface area (Å²) in [6, 6.07) is 0. The molecule has 0 aromatic carbocycles. The van der Waals surface area contributed by atoms with Crippen molar-refractivity contribution < 1.29 is 13.2 Å². The summed E-state index contributed by atoms with van der Waals surface area (Å²) >= 11 is 0.946. The molecule has 2 aromatic rings. The predicted molar refractivity (Wildman–Crippen MR) is 95.3 cm³/mol. The SMILES string of the molecule is CN=C(NCc1nc(C(F)(F)F)cs1)NCc1nnc(C)n1C.I. The van der Waals surface area contributed by atoms with Crippen LogP contribution < -0.4 is 10.6 Å². The number of nitrogens with one attached hydrogen (secondary N) is 2. The van der Waals surface area contributed by atoms with E-state index in [0.717, 1.165) is 28.4 Å². The van der Waals surface area contributed by atoms with Gasteiger partial charge in [0.2, 0.25) is 0 Å². The molecule has 24 heavy (non-hydrogen) atoms. The minimum absolute atomic E-state index is 0. The number of thiazole rings is 1. The minimum atomic E-state index is -4.42. The molecule has 0 aliphatic heterocycles. The van der Waals surface area contributed by atoms with E-state index >= 15 is 0 Å². The van der Waals surface area contributed by atoms with Crippen molar-refractivity contribution in [3.8, 4) is 0 Å². The molecule has 2 N–H and O–H groups in total. The third-order valence-corrected chi connectivity index (χ3v) is 3.92. The van der Waals surface area contributed by atoms with Gasteiger partial charge in [-0.25, -0.2) is 4.98 Å². The molecule has 0 radical (unpaired) electrons. The van der Waals surface area contributed by atoms with Crippen molar-refractivity contribution in [1.29, 1.82) is 0 Å². The number of aryl methyl sites for hydroxylation is 1. The topological polar surface area (TPSA) is 80.0 Å². The van der Waals surface area contributed by atoms with Gasteiger partial charge in [0.05, 0.1) is 13.1 Å². The molecule has 134 valence electrons. The normalized spacial score (nSPS) is 12.0. The predicted octanol–water partition coefficient (Wildman–Crippen LogP) is 2.08. The molecule has 0 saturated heterocycles. The fourth-order valence-corrected chi connectivity index (χ4v) is 2.41. The van der Waals surface area contributed by atoms with Crippen molar-refractivity contribution >= 4 is 41.3 Å². The monoisotopic (exact) mass is 475 g/mol. The van der Waals surface area contributed by atoms with Gasteiger partial charge < -0.3 is 15.2 Å². The van der Waals surface area contributed by atoms with Gasteiger partial charge in [-0.1, -0.05) is 0 Å². The van der Waals surface area contributed by atoms with Crippen molar-refractivity contribution in [2.24, 2.45) is 12.0 Å². The Balaban J connectivity index is 0.00000288. The molecule has 0 saturated carbocycles. The molecular weight excluding hydrogens is 458 g/mol. The molecule has 2 heterocycles. The summed E-state index contributed by atoms with van der Waals surface area (Å²) in [7, 11) is 3.41. The van der Waals surface area contributed by atoms with Crippen LogP contribution in [-0.4, -0.2) is 32.8 Å². The summed E-state index contributed by atoms with van der Waals surface area (Å²) in [5.41, 5.74) is -0.878. The Morgan fingerprint density at radius 1 is 1.29 bits per heavy atom. The Morgan fingerprint density at radius 3 is 2.46 bits per heavy atom. The number of alkyl halides is 3. The summed E-state index contributed by atoms with van der Waals surface area (Å²) in [4.78, 5) is 7.55. The number of aromatic nitrogens is 4. The average molecular weight is 475 g/mol. The number of halogens is 4. The van der Waals surface area contributed by atoms with E-state index < -0.39 is 11.9 Å². The highest BCUT2D eigenvalue weighted by molar-refractivity contribution is 14.0. The van der Waals surface area contributed by atoms with Gasteiger partial charge in [0, 0.05) is 19.5 Å². The zero-order valence-corrected chi connectivity index (χ0v) is 16.3. The zero-order chi connectivity index (χ0) is 17.0. The fraction of sp³-hybridized carbons (Fsp3) is 0.500. The van der Waals surface area contributed by atoms with Gasteiger partial charge in [0.25, 0.3) is 0 Å². The zero-order valence-electron chi connectivity index (χ0n) is 13.2. The highest BCUT2D eigenvalue weighted by Gasteiger charge is 2.33. The van der Waals surface area contributed by atoms with Crippen LogP contribution in [0.1, 0.15) is 22.4 Å². The van der Waals surface area contributed by atoms with E-state index in [1.165, 1.54) is 0 Å². The second-order valence-corrected chi connectivity index (χ2v) is 5.57. The summed E-state index contributed by atoms with van der Waals surface area (Å²) in [5, 5.41) is 15.2. The van der Waals surface area contributed by atoms with E-state index in [1.54, 1.807) is 7.05 Å². The summed E-state index contributed by atoms with van der Waals surface area (Å²) in [5.74, 6) is 1.95. The largest absolute Gasteiger partial charge is 0.434 e. The van der Waals surface area contributed by atoms with Crippen LogP contribution in [0.4, 0.5) is 13.2 Å². The summed E-state index contributed by atoms with van der Waals surface area (Å²) in [6.07, 6.45) is -4.42. The first-order valence-corrected chi connectivity index (χ1v) is 7.50. The van der Waals surface area contributed by atoms with Crippen LogP contribution in [0.25, 0.3) is 0 Å². The van der Waals surface area contributed by atoms with Crippen LogP contribution in [0.2, 0.25) is 0 Å². The van der Waals surface area contributed by atoms with Crippen LogP contribution >= 0.6 is 35.3 Å². The number of rotatable bonds is 4. The van der Waals surface area contributed by atoms with Gasteiger partial charge in [0.15, 0.2) is 17.5 Å². The van der Waals surface area contributed by atoms with Crippen molar-refractivity contribution in [2.45, 2.75) is 26.2 Å². The van der Waals surface area contributed by atoms with Gasteiger partial charge in [-0.05, 0) is 6.92 Å². The van der Waals surface area contributed by atoms with E-state index in [9.17, 15) is 13.2 Å². The van der Waals surface area contributed by atoms with Crippen LogP contribution in [-0.2, 0) is 26.3 Å². The lowest BCUT2D eigenvalue weighted by Crippen LogP contribution is -2.36. The molecule has 0 aliphatic rings. The first-order valence-electron chi connectivity index (χ1n) is 6.62. The first kappa shape index (κ1) is 20.6. The van der Waals surface area contributed by atoms with E-state index in [0.29, 0.717) is 17.5 Å². The Kier molecular flexibility index (Phi) is 7.38. The minimum Gasteiger partial charge on any atom is -0.350 e. The van der Waals surface area contributed by atoms with Crippen LogP contribution in [0.15, 0.2) is 10.4 Å². The third kappa shape index (κ3) is 5.29. The van der Waals surface area contributed by atoms with Gasteiger partial charge in [-0.15, -0.1) is 45.5 Å². The molecule has 2 aromatic heterocycles. The van der Waals surface area contributed by atoms with Crippen molar-refractivity contribution in [3.63, 3.8) is 0 Å². The second kappa shape index (κ2) is 8.60. The van der Waals surface area contributed by atoms with E-state index in [1.807, 2.05) is 18.5 Å². The summed E-state index contributed by atoms with van der Waals surface area (Å²) in [6.45, 7) is 2.38. The van der Waals surface area contributed by atoms with E-state index in [4.69, 9.17) is 0 Å². The molecule has 0 bridgehead atoms. The Labute approximate surface area is 157 Å². The Morgan fingerprint density at radius 2 is 1.96 bits per heavy atom. The fourth-order valence-electron chi connectivity index (χ4n) is 1.67. The number of hydrogen-bond acceptors (Lipinski definition) is 5. The quantitative estimate of drug-likeness (QED) is 0.402. The number of guanidine groups is 1. The van der Waals surface area contributed by atoms with Crippen molar-refractivity contribution in [2.75, 3.05) is 7.05 Å². The molecule has 0 atom stereocenters. The molecule has 7 nitrogen and oxygen atoms in total. The first-order chi connectivity index (χ1) is 10.8. The smallest absolute Gasteiger partial charge is 0.350 e. The molecule has 0 amide bonds. The lowest BCUT2D eigenvalue weighted by atomic mass is 10.5. The molecule has 0 fully saturated rings. The highest BCUT2D eigenvalue weighted by Crippen LogP contribution is 2.29. The Hall–Kier alpha value is -1.44. The second-order valence-electron chi connectivity index (χ2n) is 4.63. The van der Waals surface area contributed by atoms with Crippen LogP contribution in [0.5, 0.6) is 0 Å². The van der Waals surface area contributed by atoms with E-state index in [-0.39, 0.29) is 30.5 Å². The number of hydrogen-bond donors (Lipinski definition) is 2. The maximum absolute atomic E-state index is 12.5. The number of aliphatic imine (C=N–C) groups is 1. The third-order valence-electron chi connectivity index (χ3n) is 3.07. The summed E-state index contributed by atoms with van der Waals surface area (Å²) < 4.78 is 39.3. The van der Waals surface area contributed by atoms with E-state index in [2.05, 4.69) is 30.8 Å². The van der Waals surface area contributed by atoms with Crippen molar-refractivity contribution in [3.05, 3.63) is 27.7 Å². The molecular formula is C12H17F3IN7S.